The second-order valence-electron chi connectivity index (χ2n) is 6.08. The molecule has 0 aliphatic rings. The van der Waals surface area contributed by atoms with Crippen molar-refractivity contribution < 1.29 is 14.1 Å². The summed E-state index contributed by atoms with van der Waals surface area (Å²) in [5.41, 5.74) is 2.03. The molecule has 4 rings (SSSR count). The van der Waals surface area contributed by atoms with Gasteiger partial charge in [-0.15, -0.1) is 10.2 Å². The Balaban J connectivity index is 1.50. The second-order valence-corrected chi connectivity index (χ2v) is 6.08. The van der Waals surface area contributed by atoms with Crippen LogP contribution in [0.25, 0.3) is 17.1 Å². The predicted molar refractivity (Wildman–Crippen MR) is 101 cm³/mol. The fraction of sp³-hybridized carbons (Fsp3) is 0.211. The van der Waals surface area contributed by atoms with Crippen LogP contribution in [0.15, 0.2) is 47.1 Å². The molecule has 0 saturated heterocycles. The number of ether oxygens (including phenoxy) is 1. The molecule has 142 valence electrons. The number of nitrogens with zero attached hydrogens (tertiary/aromatic N) is 5. The number of rotatable bonds is 6. The average Bonchev–Trinajstić information content (AvgIpc) is 3.35. The normalized spacial score (nSPS) is 10.9. The van der Waals surface area contributed by atoms with Crippen LogP contribution in [0.1, 0.15) is 18.6 Å². The third-order valence-electron chi connectivity index (χ3n) is 4.20. The zero-order chi connectivity index (χ0) is 19.5. The smallest absolute Gasteiger partial charge is 0.258 e. The number of amides is 1. The van der Waals surface area contributed by atoms with Gasteiger partial charge in [0.2, 0.25) is 5.91 Å². The number of aryl methyl sites for hydroxylation is 1. The van der Waals surface area contributed by atoms with Crippen molar-refractivity contribution in [1.29, 1.82) is 0 Å². The molecule has 1 amide bonds. The maximum Gasteiger partial charge on any atom is 0.258 e. The Morgan fingerprint density at radius 1 is 1.21 bits per heavy atom. The van der Waals surface area contributed by atoms with Gasteiger partial charge in [0.25, 0.3) is 5.89 Å². The number of methoxy groups -OCH3 is 1. The van der Waals surface area contributed by atoms with Crippen LogP contribution in [0.5, 0.6) is 5.75 Å². The summed E-state index contributed by atoms with van der Waals surface area (Å²) in [6.07, 6.45) is 2.58. The minimum atomic E-state index is -0.187. The van der Waals surface area contributed by atoms with Gasteiger partial charge in [0.1, 0.15) is 11.6 Å². The van der Waals surface area contributed by atoms with Crippen LogP contribution in [0, 0.1) is 0 Å². The SMILES string of the molecule is CCc1noc(-c2ccn3c(CC(=O)Nc4ccc(OC)cc4)nnc3c2)n1. The van der Waals surface area contributed by atoms with E-state index < -0.39 is 0 Å². The lowest BCUT2D eigenvalue weighted by atomic mass is 10.2. The number of anilines is 1. The van der Waals surface area contributed by atoms with Gasteiger partial charge in [0, 0.05) is 23.9 Å². The molecule has 28 heavy (non-hydrogen) atoms. The van der Waals surface area contributed by atoms with Crippen molar-refractivity contribution in [2.75, 3.05) is 12.4 Å². The Hall–Kier alpha value is -3.75. The lowest BCUT2D eigenvalue weighted by Crippen LogP contribution is -2.16. The molecule has 9 heteroatoms. The molecule has 0 aliphatic heterocycles. The highest BCUT2D eigenvalue weighted by Gasteiger charge is 2.14. The number of nitrogens with one attached hydrogen (secondary N) is 1. The molecule has 4 aromatic rings. The van der Waals surface area contributed by atoms with Crippen molar-refractivity contribution in [3.63, 3.8) is 0 Å². The molecule has 0 fully saturated rings. The van der Waals surface area contributed by atoms with Crippen molar-refractivity contribution in [3.05, 3.63) is 54.2 Å². The van der Waals surface area contributed by atoms with Crippen LogP contribution in [0.4, 0.5) is 5.69 Å². The maximum absolute atomic E-state index is 12.3. The number of benzene rings is 1. The summed E-state index contributed by atoms with van der Waals surface area (Å²) in [5, 5.41) is 15.0. The summed E-state index contributed by atoms with van der Waals surface area (Å²) in [5.74, 6) is 2.15. The number of carbonyl (C=O) groups excluding carboxylic acids is 1. The van der Waals surface area contributed by atoms with E-state index in [2.05, 4.69) is 25.7 Å². The maximum atomic E-state index is 12.3. The lowest BCUT2D eigenvalue weighted by Gasteiger charge is -2.06. The number of hydrogen-bond donors (Lipinski definition) is 1. The van der Waals surface area contributed by atoms with Crippen LogP contribution in [0.2, 0.25) is 0 Å². The summed E-state index contributed by atoms with van der Waals surface area (Å²) in [7, 11) is 1.59. The first-order chi connectivity index (χ1) is 13.7. The quantitative estimate of drug-likeness (QED) is 0.549. The van der Waals surface area contributed by atoms with E-state index in [0.29, 0.717) is 35.3 Å². The van der Waals surface area contributed by atoms with Crippen molar-refractivity contribution >= 4 is 17.2 Å². The summed E-state index contributed by atoms with van der Waals surface area (Å²) < 4.78 is 12.1. The second kappa shape index (κ2) is 7.47. The van der Waals surface area contributed by atoms with Gasteiger partial charge in [-0.05, 0) is 36.4 Å². The molecular weight excluding hydrogens is 360 g/mol. The number of fused-ring (bicyclic) bond motifs is 1. The molecule has 0 saturated carbocycles. The lowest BCUT2D eigenvalue weighted by molar-refractivity contribution is -0.115. The van der Waals surface area contributed by atoms with E-state index in [0.717, 1.165) is 11.3 Å². The highest BCUT2D eigenvalue weighted by atomic mass is 16.5. The van der Waals surface area contributed by atoms with E-state index in [4.69, 9.17) is 9.26 Å². The van der Waals surface area contributed by atoms with E-state index in [1.165, 1.54) is 0 Å². The van der Waals surface area contributed by atoms with Crippen LogP contribution in [-0.4, -0.2) is 37.8 Å². The topological polar surface area (TPSA) is 107 Å². The number of pyridine rings is 1. The zero-order valence-corrected chi connectivity index (χ0v) is 15.4. The van der Waals surface area contributed by atoms with Gasteiger partial charge in [0.15, 0.2) is 11.5 Å². The van der Waals surface area contributed by atoms with Gasteiger partial charge in [-0.2, -0.15) is 4.98 Å². The van der Waals surface area contributed by atoms with Gasteiger partial charge in [-0.3, -0.25) is 9.20 Å². The molecule has 0 unspecified atom stereocenters. The Kier molecular flexibility index (Phi) is 4.71. The largest absolute Gasteiger partial charge is 0.497 e. The standard InChI is InChI=1S/C19H18N6O3/c1-3-15-21-19(28-24-15)12-8-9-25-16(10-12)22-23-17(25)11-18(26)20-13-4-6-14(27-2)7-5-13/h4-10H,3,11H2,1-2H3,(H,20,26). The highest BCUT2D eigenvalue weighted by Crippen LogP contribution is 2.20. The molecule has 3 aromatic heterocycles. The average molecular weight is 378 g/mol. The van der Waals surface area contributed by atoms with Gasteiger partial charge in [-0.1, -0.05) is 12.1 Å². The van der Waals surface area contributed by atoms with Gasteiger partial charge in [0.05, 0.1) is 13.5 Å². The van der Waals surface area contributed by atoms with Gasteiger partial charge >= 0.3 is 0 Å². The summed E-state index contributed by atoms with van der Waals surface area (Å²) in [6.45, 7) is 1.96. The Bertz CT molecular complexity index is 1120. The first-order valence-electron chi connectivity index (χ1n) is 8.77. The van der Waals surface area contributed by atoms with Crippen LogP contribution >= 0.6 is 0 Å². The minimum Gasteiger partial charge on any atom is -0.497 e. The molecule has 0 aliphatic carbocycles. The fourth-order valence-electron chi connectivity index (χ4n) is 2.73. The first kappa shape index (κ1) is 17.7. The predicted octanol–water partition coefficient (Wildman–Crippen LogP) is 2.53. The van der Waals surface area contributed by atoms with E-state index >= 15 is 0 Å². The number of aromatic nitrogens is 5. The third kappa shape index (κ3) is 3.54. The van der Waals surface area contributed by atoms with Crippen molar-refractivity contribution in [3.8, 4) is 17.2 Å². The number of carbonyl (C=O) groups is 1. The third-order valence-corrected chi connectivity index (χ3v) is 4.20. The zero-order valence-electron chi connectivity index (χ0n) is 15.4. The van der Waals surface area contributed by atoms with E-state index in [-0.39, 0.29) is 12.3 Å². The molecule has 0 bridgehead atoms. The van der Waals surface area contributed by atoms with Crippen LogP contribution < -0.4 is 10.1 Å². The van der Waals surface area contributed by atoms with Crippen LogP contribution in [0.3, 0.4) is 0 Å². The van der Waals surface area contributed by atoms with Gasteiger partial charge in [-0.25, -0.2) is 0 Å². The van der Waals surface area contributed by atoms with Crippen molar-refractivity contribution in [2.45, 2.75) is 19.8 Å². The van der Waals surface area contributed by atoms with E-state index in [1.807, 2.05) is 13.0 Å². The monoisotopic (exact) mass is 378 g/mol. The summed E-state index contributed by atoms with van der Waals surface area (Å²) in [6, 6.07) is 10.7. The van der Waals surface area contributed by atoms with Crippen molar-refractivity contribution in [2.24, 2.45) is 0 Å². The van der Waals surface area contributed by atoms with Crippen LogP contribution in [-0.2, 0) is 17.6 Å². The highest BCUT2D eigenvalue weighted by molar-refractivity contribution is 5.92. The molecule has 3 heterocycles. The van der Waals surface area contributed by atoms with Gasteiger partial charge < -0.3 is 14.6 Å². The molecule has 0 atom stereocenters. The fourth-order valence-corrected chi connectivity index (χ4v) is 2.73. The molecule has 0 spiro atoms. The first-order valence-corrected chi connectivity index (χ1v) is 8.77. The van der Waals surface area contributed by atoms with E-state index in [1.54, 1.807) is 48.0 Å². The number of hydrogen-bond acceptors (Lipinski definition) is 7. The van der Waals surface area contributed by atoms with Crippen molar-refractivity contribution in [1.82, 2.24) is 24.7 Å². The Labute approximate surface area is 160 Å². The molecule has 9 nitrogen and oxygen atoms in total. The molecule has 0 radical (unpaired) electrons. The minimum absolute atomic E-state index is 0.0904. The Morgan fingerprint density at radius 2 is 2.04 bits per heavy atom. The summed E-state index contributed by atoms with van der Waals surface area (Å²) >= 11 is 0. The molecule has 1 N–H and O–H groups in total. The Morgan fingerprint density at radius 3 is 2.75 bits per heavy atom. The van der Waals surface area contributed by atoms with E-state index in [9.17, 15) is 4.79 Å². The molecular formula is C19H18N6O3. The molecule has 1 aromatic carbocycles. The summed E-state index contributed by atoms with van der Waals surface area (Å²) in [4.78, 5) is 16.7.